The van der Waals surface area contributed by atoms with Gasteiger partial charge in [-0.3, -0.25) is 9.59 Å². The number of benzene rings is 2. The summed E-state index contributed by atoms with van der Waals surface area (Å²) in [5.74, 6) is 1.15. The molecule has 7 heteroatoms. The molecule has 0 aliphatic carbocycles. The average Bonchev–Trinajstić information content (AvgIpc) is 2.80. The van der Waals surface area contributed by atoms with Gasteiger partial charge in [-0.1, -0.05) is 19.1 Å². The van der Waals surface area contributed by atoms with E-state index in [1.807, 2.05) is 31.2 Å². The van der Waals surface area contributed by atoms with Crippen molar-refractivity contribution < 1.29 is 28.5 Å². The summed E-state index contributed by atoms with van der Waals surface area (Å²) in [5.41, 5.74) is 1.61. The van der Waals surface area contributed by atoms with Gasteiger partial charge in [0.15, 0.2) is 0 Å². The minimum Gasteiger partial charge on any atom is -0.497 e. The van der Waals surface area contributed by atoms with E-state index in [9.17, 15) is 9.59 Å². The fourth-order valence-electron chi connectivity index (χ4n) is 2.78. The summed E-state index contributed by atoms with van der Waals surface area (Å²) in [7, 11) is 4.39. The van der Waals surface area contributed by atoms with Gasteiger partial charge in [0.05, 0.1) is 27.9 Å². The third-order valence-corrected chi connectivity index (χ3v) is 4.42. The van der Waals surface area contributed by atoms with Crippen LogP contribution < -0.4 is 14.2 Å². The molecule has 0 heterocycles. The number of carbonyl (C=O) groups excluding carboxylic acids is 2. The van der Waals surface area contributed by atoms with Crippen molar-refractivity contribution in [1.82, 2.24) is 4.90 Å². The highest BCUT2D eigenvalue weighted by atomic mass is 16.5. The normalized spacial score (nSPS) is 10.6. The molecule has 0 spiro atoms. The highest BCUT2D eigenvalue weighted by Gasteiger charge is 2.17. The zero-order valence-electron chi connectivity index (χ0n) is 18.4. The summed E-state index contributed by atoms with van der Waals surface area (Å²) in [4.78, 5) is 26.1. The van der Waals surface area contributed by atoms with Crippen LogP contribution in [0.4, 0.5) is 0 Å². The van der Waals surface area contributed by atoms with Crippen molar-refractivity contribution in [2.45, 2.75) is 19.9 Å². The lowest BCUT2D eigenvalue weighted by atomic mass is 10.1. The molecule has 0 aliphatic heterocycles. The molecular weight excluding hydrogens is 398 g/mol. The second-order valence-electron chi connectivity index (χ2n) is 6.74. The second-order valence-corrected chi connectivity index (χ2v) is 6.74. The monoisotopic (exact) mass is 427 g/mol. The van der Waals surface area contributed by atoms with Crippen LogP contribution in [-0.2, 0) is 20.9 Å². The third-order valence-electron chi connectivity index (χ3n) is 4.42. The van der Waals surface area contributed by atoms with Gasteiger partial charge in [-0.15, -0.1) is 0 Å². The maximum absolute atomic E-state index is 12.8. The van der Waals surface area contributed by atoms with Crippen LogP contribution in [0.15, 0.2) is 48.5 Å². The van der Waals surface area contributed by atoms with Gasteiger partial charge >= 0.3 is 5.97 Å². The quantitative estimate of drug-likeness (QED) is 0.402. The second kappa shape index (κ2) is 12.3. The first-order valence-electron chi connectivity index (χ1n) is 9.97. The lowest BCUT2D eigenvalue weighted by Crippen LogP contribution is -2.34. The van der Waals surface area contributed by atoms with E-state index in [1.54, 1.807) is 38.5 Å². The standard InChI is InChI=1S/C24H29NO6/c1-5-12-31-20-9-6-18(7-10-20)8-11-23(26)25(17-24(27)30-4)16-19-13-21(28-2)15-22(14-19)29-3/h6-11,13-15H,5,12,16-17H2,1-4H3/b11-8+. The molecule has 2 rings (SSSR count). The summed E-state index contributed by atoms with van der Waals surface area (Å²) in [5, 5.41) is 0. The number of amides is 1. The van der Waals surface area contributed by atoms with Gasteiger partial charge in [0.2, 0.25) is 5.91 Å². The topological polar surface area (TPSA) is 74.3 Å². The first-order valence-corrected chi connectivity index (χ1v) is 9.97. The zero-order chi connectivity index (χ0) is 22.6. The molecular formula is C24H29NO6. The number of hydrogen-bond donors (Lipinski definition) is 0. The first-order chi connectivity index (χ1) is 15.0. The van der Waals surface area contributed by atoms with Crippen molar-refractivity contribution in [2.24, 2.45) is 0 Å². The largest absolute Gasteiger partial charge is 0.497 e. The molecule has 0 saturated carbocycles. The number of rotatable bonds is 11. The number of hydrogen-bond acceptors (Lipinski definition) is 6. The molecule has 0 atom stereocenters. The van der Waals surface area contributed by atoms with E-state index in [2.05, 4.69) is 0 Å². The summed E-state index contributed by atoms with van der Waals surface area (Å²) >= 11 is 0. The molecule has 2 aromatic rings. The molecule has 0 aliphatic rings. The lowest BCUT2D eigenvalue weighted by Gasteiger charge is -2.21. The van der Waals surface area contributed by atoms with Crippen LogP contribution in [-0.4, -0.2) is 51.3 Å². The van der Waals surface area contributed by atoms with Crippen molar-refractivity contribution in [3.63, 3.8) is 0 Å². The lowest BCUT2D eigenvalue weighted by molar-refractivity contribution is -0.145. The molecule has 1 amide bonds. The van der Waals surface area contributed by atoms with Gasteiger partial charge < -0.3 is 23.8 Å². The summed E-state index contributed by atoms with van der Waals surface area (Å²) in [6.45, 7) is 2.72. The first kappa shape index (κ1) is 23.8. The van der Waals surface area contributed by atoms with Crippen molar-refractivity contribution in [2.75, 3.05) is 34.5 Å². The summed E-state index contributed by atoms with van der Waals surface area (Å²) in [6.07, 6.45) is 4.07. The SMILES string of the molecule is CCCOc1ccc(/C=C/C(=O)N(CC(=O)OC)Cc2cc(OC)cc(OC)c2)cc1. The summed E-state index contributed by atoms with van der Waals surface area (Å²) < 4.78 is 20.9. The predicted octanol–water partition coefficient (Wildman–Crippen LogP) is 3.71. The Morgan fingerprint density at radius 1 is 0.935 bits per heavy atom. The van der Waals surface area contributed by atoms with E-state index in [-0.39, 0.29) is 19.0 Å². The Bertz CT molecular complexity index is 869. The Morgan fingerprint density at radius 2 is 1.58 bits per heavy atom. The van der Waals surface area contributed by atoms with Gasteiger partial charge in [0, 0.05) is 18.7 Å². The van der Waals surface area contributed by atoms with Crippen LogP contribution in [0.2, 0.25) is 0 Å². The molecule has 7 nitrogen and oxygen atoms in total. The van der Waals surface area contributed by atoms with Crippen molar-refractivity contribution >= 4 is 18.0 Å². The minimum absolute atomic E-state index is 0.178. The van der Waals surface area contributed by atoms with E-state index < -0.39 is 5.97 Å². The van der Waals surface area contributed by atoms with E-state index in [0.29, 0.717) is 18.1 Å². The van der Waals surface area contributed by atoms with E-state index >= 15 is 0 Å². The van der Waals surface area contributed by atoms with Crippen LogP contribution in [0.25, 0.3) is 6.08 Å². The predicted molar refractivity (Wildman–Crippen MR) is 118 cm³/mol. The Hall–Kier alpha value is -3.48. The molecule has 0 N–H and O–H groups in total. The smallest absolute Gasteiger partial charge is 0.325 e. The van der Waals surface area contributed by atoms with E-state index in [4.69, 9.17) is 18.9 Å². The molecule has 31 heavy (non-hydrogen) atoms. The highest BCUT2D eigenvalue weighted by Crippen LogP contribution is 2.23. The number of ether oxygens (including phenoxy) is 4. The molecule has 0 unspecified atom stereocenters. The fourth-order valence-corrected chi connectivity index (χ4v) is 2.78. The minimum atomic E-state index is -0.506. The van der Waals surface area contributed by atoms with Crippen molar-refractivity contribution in [3.05, 3.63) is 59.7 Å². The number of esters is 1. The average molecular weight is 427 g/mol. The Labute approximate surface area is 183 Å². The number of methoxy groups -OCH3 is 3. The van der Waals surface area contributed by atoms with Crippen LogP contribution in [0.3, 0.4) is 0 Å². The van der Waals surface area contributed by atoms with Crippen molar-refractivity contribution in [1.29, 1.82) is 0 Å². The maximum atomic E-state index is 12.8. The van der Waals surface area contributed by atoms with E-state index in [1.165, 1.54) is 18.1 Å². The molecule has 0 fully saturated rings. The molecule has 0 radical (unpaired) electrons. The highest BCUT2D eigenvalue weighted by molar-refractivity contribution is 5.93. The van der Waals surface area contributed by atoms with Gasteiger partial charge in [0.1, 0.15) is 23.8 Å². The molecule has 166 valence electrons. The van der Waals surface area contributed by atoms with Crippen LogP contribution in [0.5, 0.6) is 17.2 Å². The molecule has 0 aromatic heterocycles. The maximum Gasteiger partial charge on any atom is 0.325 e. The van der Waals surface area contributed by atoms with Gasteiger partial charge in [-0.2, -0.15) is 0 Å². The zero-order valence-corrected chi connectivity index (χ0v) is 18.4. The van der Waals surface area contributed by atoms with Gasteiger partial charge in [-0.05, 0) is 47.9 Å². The van der Waals surface area contributed by atoms with Crippen LogP contribution >= 0.6 is 0 Å². The number of carbonyl (C=O) groups is 2. The molecule has 0 bridgehead atoms. The molecule has 0 saturated heterocycles. The Morgan fingerprint density at radius 3 is 2.13 bits per heavy atom. The van der Waals surface area contributed by atoms with Gasteiger partial charge in [-0.25, -0.2) is 0 Å². The van der Waals surface area contributed by atoms with Crippen molar-refractivity contribution in [3.8, 4) is 17.2 Å². The Kier molecular flexibility index (Phi) is 9.42. The summed E-state index contributed by atoms with van der Waals surface area (Å²) in [6, 6.07) is 12.8. The fraction of sp³-hybridized carbons (Fsp3) is 0.333. The Balaban J connectivity index is 2.16. The van der Waals surface area contributed by atoms with Crippen LogP contribution in [0.1, 0.15) is 24.5 Å². The van der Waals surface area contributed by atoms with Crippen LogP contribution in [0, 0.1) is 0 Å². The van der Waals surface area contributed by atoms with E-state index in [0.717, 1.165) is 23.3 Å². The number of nitrogens with zero attached hydrogens (tertiary/aromatic N) is 1. The third kappa shape index (κ3) is 7.70. The molecule has 2 aromatic carbocycles. The van der Waals surface area contributed by atoms with Gasteiger partial charge in [0.25, 0.3) is 0 Å².